The third-order valence-electron chi connectivity index (χ3n) is 10.8. The Labute approximate surface area is 317 Å². The molecule has 0 radical (unpaired) electrons. The lowest BCUT2D eigenvalue weighted by Gasteiger charge is -2.40. The van der Waals surface area contributed by atoms with Crippen LogP contribution in [0.3, 0.4) is 0 Å². The molecule has 0 unspecified atom stereocenters. The van der Waals surface area contributed by atoms with Crippen molar-refractivity contribution in [3.8, 4) is 0 Å². The van der Waals surface area contributed by atoms with Crippen LogP contribution >= 0.6 is 11.3 Å². The van der Waals surface area contributed by atoms with Crippen molar-refractivity contribution >= 4 is 47.6 Å². The summed E-state index contributed by atoms with van der Waals surface area (Å²) in [7, 11) is -6.22. The molecule has 0 bridgehead atoms. The van der Waals surface area contributed by atoms with Crippen molar-refractivity contribution in [2.75, 3.05) is 6.61 Å². The fourth-order valence-corrected chi connectivity index (χ4v) is 11.5. The fourth-order valence-electron chi connectivity index (χ4n) is 6.99. The van der Waals surface area contributed by atoms with Gasteiger partial charge in [-0.15, -0.1) is 11.3 Å². The van der Waals surface area contributed by atoms with Crippen LogP contribution in [0.1, 0.15) is 97.3 Å². The molecule has 1 N–H and O–H groups in total. The second-order valence-electron chi connectivity index (χ2n) is 15.2. The Kier molecular flexibility index (Phi) is 16.2. The van der Waals surface area contributed by atoms with Crippen molar-refractivity contribution in [3.05, 3.63) is 63.6 Å². The highest BCUT2D eigenvalue weighted by Crippen LogP contribution is 2.36. The van der Waals surface area contributed by atoms with Gasteiger partial charge in [-0.25, -0.2) is 9.78 Å². The van der Waals surface area contributed by atoms with E-state index in [1.807, 2.05) is 53.0 Å². The van der Waals surface area contributed by atoms with Crippen LogP contribution in [0, 0.1) is 37.0 Å². The van der Waals surface area contributed by atoms with Gasteiger partial charge < -0.3 is 14.3 Å². The zero-order chi connectivity index (χ0) is 38.9. The molecule has 2 aromatic rings. The molecule has 52 heavy (non-hydrogen) atoms. The number of allylic oxidation sites excluding steroid dienone is 1. The number of benzene rings is 1. The van der Waals surface area contributed by atoms with Gasteiger partial charge >= 0.3 is 5.97 Å². The lowest BCUT2D eigenvalue weighted by Crippen LogP contribution is -2.48. The molecule has 3 rings (SSSR count). The SMILES string of the molecule is CC[Si](CC)(CC)O[C@H]1[C@@H](C)CCC[C@H](COS(=O)(=O)c2ccc(C)cc2)[C@@H](O)C[C@@H](/C(C)=C/c2csc(C)n2)OC(=O)/C=C/C(C)(C)C(=O)[C@@H]1C. The number of aliphatic hydroxyl groups is 1. The zero-order valence-electron chi connectivity index (χ0n) is 32.8. The first-order valence-electron chi connectivity index (χ1n) is 18.7. The van der Waals surface area contributed by atoms with Gasteiger partial charge in [-0.3, -0.25) is 8.98 Å². The van der Waals surface area contributed by atoms with Crippen molar-refractivity contribution in [2.45, 2.75) is 136 Å². The average molecular weight is 776 g/mol. The molecule has 2 heterocycles. The number of thiazole rings is 1. The molecule has 1 aromatic carbocycles. The Morgan fingerprint density at radius 2 is 1.71 bits per heavy atom. The standard InChI is InChI=1S/C40H61NO8S2Si/c1-11-52(12-2,13-3)49-38-28(5)15-14-16-32(25-47-51(45,46)34-19-17-27(4)18-20-34)35(42)24-36(29(6)23-33-26-50-31(8)41-33)48-37(43)21-22-40(9,10)39(44)30(38)7/h17-23,26,28,30,32,35-36,38,42H,11-16,24-25H2,1-10H3/b22-21+,29-23+/t28-,30+,32+,35-,36-,38-/m0/s1. The van der Waals surface area contributed by atoms with Gasteiger partial charge in [-0.1, -0.05) is 64.8 Å². The molecular formula is C40H61NO8S2Si. The monoisotopic (exact) mass is 775 g/mol. The van der Waals surface area contributed by atoms with Gasteiger partial charge in [-0.2, -0.15) is 8.42 Å². The molecule has 0 aliphatic carbocycles. The lowest BCUT2D eigenvalue weighted by atomic mass is 9.76. The third kappa shape index (κ3) is 12.0. The molecule has 290 valence electrons. The predicted molar refractivity (Wildman–Crippen MR) is 211 cm³/mol. The summed E-state index contributed by atoms with van der Waals surface area (Å²) in [6, 6.07) is 9.27. The van der Waals surface area contributed by atoms with Gasteiger partial charge in [-0.05, 0) is 95.3 Å². The van der Waals surface area contributed by atoms with Crippen LogP contribution in [-0.2, 0) is 33.1 Å². The highest BCUT2D eigenvalue weighted by molar-refractivity contribution is 7.86. The summed E-state index contributed by atoms with van der Waals surface area (Å²) in [4.78, 5) is 32.1. The number of cyclic esters (lactones) is 1. The van der Waals surface area contributed by atoms with E-state index in [1.165, 1.54) is 29.5 Å². The second-order valence-corrected chi connectivity index (χ2v) is 22.6. The Morgan fingerprint density at radius 3 is 2.29 bits per heavy atom. The molecule has 0 saturated heterocycles. The minimum Gasteiger partial charge on any atom is -0.455 e. The first-order chi connectivity index (χ1) is 24.4. The quantitative estimate of drug-likeness (QED) is 0.135. The van der Waals surface area contributed by atoms with Gasteiger partial charge in [0.1, 0.15) is 11.9 Å². The minimum atomic E-state index is -4.10. The number of hydrogen-bond acceptors (Lipinski definition) is 10. The van der Waals surface area contributed by atoms with Crippen LogP contribution in [0.2, 0.25) is 18.1 Å². The van der Waals surface area contributed by atoms with Gasteiger partial charge in [0, 0.05) is 35.1 Å². The average Bonchev–Trinajstić information content (AvgIpc) is 3.52. The molecule has 1 aliphatic heterocycles. The van der Waals surface area contributed by atoms with Crippen molar-refractivity contribution in [1.29, 1.82) is 0 Å². The number of rotatable bonds is 11. The molecule has 0 fully saturated rings. The molecule has 9 nitrogen and oxygen atoms in total. The molecule has 0 saturated carbocycles. The van der Waals surface area contributed by atoms with E-state index in [0.29, 0.717) is 30.5 Å². The summed E-state index contributed by atoms with van der Waals surface area (Å²) in [6.07, 6.45) is 4.29. The Morgan fingerprint density at radius 1 is 1.08 bits per heavy atom. The lowest BCUT2D eigenvalue weighted by molar-refractivity contribution is -0.142. The van der Waals surface area contributed by atoms with Crippen LogP contribution in [0.4, 0.5) is 0 Å². The number of carbonyl (C=O) groups excluding carboxylic acids is 2. The topological polar surface area (TPSA) is 129 Å². The van der Waals surface area contributed by atoms with E-state index < -0.39 is 53.9 Å². The molecule has 0 spiro atoms. The number of aryl methyl sites for hydroxylation is 2. The number of aromatic nitrogens is 1. The van der Waals surface area contributed by atoms with Gasteiger partial charge in [0.25, 0.3) is 10.1 Å². The Balaban J connectivity index is 2.04. The van der Waals surface area contributed by atoms with E-state index >= 15 is 0 Å². The van der Waals surface area contributed by atoms with Crippen molar-refractivity contribution < 1.29 is 36.5 Å². The first kappa shape index (κ1) is 43.9. The maximum absolute atomic E-state index is 14.2. The second kappa shape index (κ2) is 19.2. The Bertz CT molecular complexity index is 1640. The number of esters is 1. The number of nitrogens with zero attached hydrogens (tertiary/aromatic N) is 1. The zero-order valence-corrected chi connectivity index (χ0v) is 35.4. The minimum absolute atomic E-state index is 0.00243. The van der Waals surface area contributed by atoms with E-state index in [2.05, 4.69) is 32.7 Å². The van der Waals surface area contributed by atoms with Crippen LogP contribution in [0.5, 0.6) is 0 Å². The van der Waals surface area contributed by atoms with Crippen molar-refractivity contribution in [3.63, 3.8) is 0 Å². The molecule has 12 heteroatoms. The molecule has 1 aliphatic rings. The van der Waals surface area contributed by atoms with Crippen LogP contribution in [0.25, 0.3) is 6.08 Å². The largest absolute Gasteiger partial charge is 0.455 e. The number of aliphatic hydroxyl groups excluding tert-OH is 1. The summed E-state index contributed by atoms with van der Waals surface area (Å²) >= 11 is 1.50. The maximum atomic E-state index is 14.2. The van der Waals surface area contributed by atoms with Gasteiger partial charge in [0.2, 0.25) is 0 Å². The van der Waals surface area contributed by atoms with E-state index in [-0.39, 0.29) is 35.7 Å². The van der Waals surface area contributed by atoms with Crippen LogP contribution < -0.4 is 0 Å². The fraction of sp³-hybridized carbons (Fsp3) is 0.625. The van der Waals surface area contributed by atoms with Crippen LogP contribution in [-0.4, -0.2) is 63.5 Å². The molecular weight excluding hydrogens is 715 g/mol. The van der Waals surface area contributed by atoms with Crippen LogP contribution in [0.15, 0.2) is 52.3 Å². The molecule has 6 atom stereocenters. The summed E-state index contributed by atoms with van der Waals surface area (Å²) in [5.74, 6) is -1.70. The number of carbonyl (C=O) groups is 2. The van der Waals surface area contributed by atoms with E-state index in [9.17, 15) is 23.1 Å². The third-order valence-corrected chi connectivity index (χ3v) is 17.5. The normalized spacial score (nSPS) is 26.6. The molecule has 0 amide bonds. The highest BCUT2D eigenvalue weighted by atomic mass is 32.2. The van der Waals surface area contributed by atoms with Gasteiger partial charge in [0.15, 0.2) is 8.32 Å². The van der Waals surface area contributed by atoms with E-state index in [4.69, 9.17) is 13.3 Å². The van der Waals surface area contributed by atoms with Gasteiger partial charge in [0.05, 0.1) is 34.4 Å². The number of ether oxygens (including phenoxy) is 1. The highest BCUT2D eigenvalue weighted by Gasteiger charge is 2.41. The summed E-state index contributed by atoms with van der Waals surface area (Å²) in [6.45, 7) is 19.5. The maximum Gasteiger partial charge on any atom is 0.331 e. The smallest absolute Gasteiger partial charge is 0.331 e. The summed E-state index contributed by atoms with van der Waals surface area (Å²) < 4.78 is 45.1. The first-order valence-corrected chi connectivity index (χ1v) is 23.5. The number of ketones is 1. The number of Topliss-reactive ketones (excluding diaryl/α,β-unsaturated/α-hetero) is 1. The van der Waals surface area contributed by atoms with E-state index in [0.717, 1.165) is 28.7 Å². The summed E-state index contributed by atoms with van der Waals surface area (Å²) in [5.41, 5.74) is 1.35. The van der Waals surface area contributed by atoms with Crippen molar-refractivity contribution in [1.82, 2.24) is 4.98 Å². The summed E-state index contributed by atoms with van der Waals surface area (Å²) in [5, 5.41) is 14.6. The number of hydrogen-bond donors (Lipinski definition) is 1. The predicted octanol–water partition coefficient (Wildman–Crippen LogP) is 8.85. The Hall–Kier alpha value is -2.48. The van der Waals surface area contributed by atoms with E-state index in [1.54, 1.807) is 18.2 Å². The van der Waals surface area contributed by atoms with Crippen molar-refractivity contribution in [2.24, 2.45) is 23.2 Å². The molecule has 1 aromatic heterocycles.